The van der Waals surface area contributed by atoms with Crippen LogP contribution in [-0.2, 0) is 59.0 Å². The van der Waals surface area contributed by atoms with E-state index >= 15 is 0 Å². The number of aryl methyl sites for hydroxylation is 6. The monoisotopic (exact) mass is 942 g/mol. The second kappa shape index (κ2) is 23.3. The molecule has 65 heavy (non-hydrogen) atoms. The lowest BCUT2D eigenvalue weighted by molar-refractivity contribution is -0.118. The maximum absolute atomic E-state index is 13.8. The molecule has 2 aromatic rings. The van der Waals surface area contributed by atoms with Crippen LogP contribution in [0.25, 0.3) is 11.1 Å². The largest absolute Gasteiger partial charge is 0.511 e. The normalized spacial score (nSPS) is 24.7. The topological polar surface area (TPSA) is 141 Å². The number of carbonyl (C=O) groups is 4. The van der Waals surface area contributed by atoms with Crippen LogP contribution in [0.4, 0.5) is 9.59 Å². The third-order valence-electron chi connectivity index (χ3n) is 13.4. The highest BCUT2D eigenvalue weighted by Crippen LogP contribution is 2.54. The van der Waals surface area contributed by atoms with Crippen molar-refractivity contribution in [1.29, 1.82) is 0 Å². The molecule has 4 aliphatic carbocycles. The van der Waals surface area contributed by atoms with Crippen molar-refractivity contribution in [2.45, 2.75) is 113 Å². The van der Waals surface area contributed by atoms with Crippen molar-refractivity contribution in [3.63, 3.8) is 0 Å². The van der Waals surface area contributed by atoms with Crippen molar-refractivity contribution >= 4 is 58.2 Å². The molecule has 2 aliphatic heterocycles. The van der Waals surface area contributed by atoms with Gasteiger partial charge in [0.1, 0.15) is 11.5 Å². The van der Waals surface area contributed by atoms with Gasteiger partial charge in [0, 0.05) is 63.7 Å². The minimum absolute atomic E-state index is 0. The van der Waals surface area contributed by atoms with Crippen LogP contribution in [0.15, 0.2) is 35.8 Å². The molecule has 0 spiro atoms. The van der Waals surface area contributed by atoms with Gasteiger partial charge in [0.05, 0.1) is 37.6 Å². The van der Waals surface area contributed by atoms with Crippen molar-refractivity contribution < 1.29 is 48.0 Å². The molecular weight excluding hydrogens is 871 g/mol. The number of Topliss-reactive ketones (excluding diaryl/α,β-unsaturated/α-hetero) is 2. The van der Waals surface area contributed by atoms with E-state index in [9.17, 15) is 24.3 Å². The summed E-state index contributed by atoms with van der Waals surface area (Å²) in [6.07, 6.45) is 5.39. The molecule has 8 rings (SSSR count). The molecule has 2 saturated heterocycles. The van der Waals surface area contributed by atoms with Crippen molar-refractivity contribution in [3.8, 4) is 0 Å². The summed E-state index contributed by atoms with van der Waals surface area (Å²) in [5.74, 6) is 0.899. The molecule has 2 saturated carbocycles. The fourth-order valence-corrected chi connectivity index (χ4v) is 10.5. The first-order valence-corrected chi connectivity index (χ1v) is 23.2. The zero-order valence-electron chi connectivity index (χ0n) is 39.2. The van der Waals surface area contributed by atoms with E-state index in [1.807, 2.05) is 0 Å². The highest BCUT2D eigenvalue weighted by Gasteiger charge is 2.54. The zero-order valence-corrected chi connectivity index (χ0v) is 40.8. The maximum atomic E-state index is 13.8. The molecule has 12 nitrogen and oxygen atoms in total. The quantitative estimate of drug-likeness (QED) is 0.191. The summed E-state index contributed by atoms with van der Waals surface area (Å²) in [5, 5.41) is 10.6. The molecule has 2 aromatic carbocycles. The molecule has 0 aromatic heterocycles. The van der Waals surface area contributed by atoms with Crippen LogP contribution >= 0.6 is 24.0 Å². The Morgan fingerprint density at radius 3 is 1.32 bits per heavy atom. The fourth-order valence-electron chi connectivity index (χ4n) is 10.5. The molecule has 2 heterocycles. The lowest BCUT2D eigenvalue weighted by Gasteiger charge is -2.21. The van der Waals surface area contributed by atoms with E-state index in [2.05, 4.69) is 65.8 Å². The van der Waals surface area contributed by atoms with Gasteiger partial charge in [0.2, 0.25) is 0 Å². The van der Waals surface area contributed by atoms with Gasteiger partial charge in [-0.25, -0.2) is 4.79 Å². The second-order valence-corrected chi connectivity index (χ2v) is 18.4. The summed E-state index contributed by atoms with van der Waals surface area (Å²) in [5.41, 5.74) is 10.2. The number of aliphatic hydroxyl groups excluding tert-OH is 1. The highest BCUT2D eigenvalue weighted by molar-refractivity contribution is 6.62. The number of nitrogens with zero attached hydrogens (tertiary/aromatic N) is 2. The van der Waals surface area contributed by atoms with E-state index in [-0.39, 0.29) is 79.5 Å². The molecule has 0 bridgehead atoms. The fraction of sp³-hybridized carbons (Fsp3) is 0.608. The summed E-state index contributed by atoms with van der Waals surface area (Å²) < 4.78 is 28.7. The number of allylic oxidation sites excluding steroid dienone is 4. The van der Waals surface area contributed by atoms with Crippen molar-refractivity contribution in [3.05, 3.63) is 80.3 Å². The molecule has 6 aliphatic rings. The standard InChI is InChI=1S/C25H33NO5.C22H28O4.C3H6ClNO.CH4.ClH/c1-6-15-10-14(3)11-16(7-2)20(15)21-22(27)18-12-17(24-29-8-9-30-24)13-19(18)23(21)31-25(28)26(4)5;1-4-13-8-12(3)9-14(5-2)18(13)19-20(23)16-10-15(11-17(16)21(19)24)22-25-6-7-26-22;1-5(2)3(4)6;;/h10-11,17-19,24H,6-9,12-13H2,1-5H3;8-9,15-17,22-23H,4-7,10-11H2,1-3H3;1-2H3;1H4;1H. The smallest absolute Gasteiger partial charge is 0.414 e. The SMILES string of the molecule is C.CCc1cc(C)cc(CC)c1C1=C(O)C2CC(C3OCCO3)CC2C1=O.CCc1cc(C)cc(CC)c1C1=C(OC(=O)N(C)C)C2CC(C3OCCO3)CC2C1=O.CN(C)C(=O)Cl.Cl. The highest BCUT2D eigenvalue weighted by atomic mass is 35.5. The predicted octanol–water partition coefficient (Wildman–Crippen LogP) is 10.1. The van der Waals surface area contributed by atoms with Crippen LogP contribution in [0.3, 0.4) is 0 Å². The number of ether oxygens (including phenoxy) is 5. The summed E-state index contributed by atoms with van der Waals surface area (Å²) in [4.78, 5) is 52.2. The number of amides is 2. The van der Waals surface area contributed by atoms with Crippen LogP contribution in [0.2, 0.25) is 0 Å². The van der Waals surface area contributed by atoms with E-state index < -0.39 is 11.5 Å². The van der Waals surface area contributed by atoms with Crippen LogP contribution in [0, 0.1) is 49.4 Å². The van der Waals surface area contributed by atoms with Crippen molar-refractivity contribution in [2.75, 3.05) is 54.6 Å². The van der Waals surface area contributed by atoms with Gasteiger partial charge in [-0.1, -0.05) is 70.5 Å². The zero-order chi connectivity index (χ0) is 45.9. The van der Waals surface area contributed by atoms with Crippen LogP contribution in [0.1, 0.15) is 105 Å². The average Bonchev–Trinajstić information content (AvgIpc) is 4.12. The van der Waals surface area contributed by atoms with Crippen LogP contribution in [0.5, 0.6) is 0 Å². The lowest BCUT2D eigenvalue weighted by atomic mass is 9.87. The Hall–Kier alpha value is -3.78. The molecule has 0 radical (unpaired) electrons. The Balaban J connectivity index is 0.000000249. The van der Waals surface area contributed by atoms with Crippen LogP contribution < -0.4 is 0 Å². The molecule has 2 amide bonds. The van der Waals surface area contributed by atoms with Gasteiger partial charge < -0.3 is 38.6 Å². The van der Waals surface area contributed by atoms with E-state index in [0.29, 0.717) is 55.5 Å². The Morgan fingerprint density at radius 1 is 0.631 bits per heavy atom. The first-order valence-electron chi connectivity index (χ1n) is 22.8. The summed E-state index contributed by atoms with van der Waals surface area (Å²) in [7, 11) is 6.51. The number of halogens is 2. The number of aliphatic hydroxyl groups is 1. The number of fused-ring (bicyclic) bond motifs is 2. The Bertz CT molecular complexity index is 2070. The molecular formula is C51H72Cl2N2O10. The predicted molar refractivity (Wildman–Crippen MR) is 256 cm³/mol. The van der Waals surface area contributed by atoms with Gasteiger partial charge in [-0.05, 0) is 110 Å². The maximum Gasteiger partial charge on any atom is 0.414 e. The van der Waals surface area contributed by atoms with Crippen molar-refractivity contribution in [1.82, 2.24) is 9.80 Å². The molecule has 4 fully saturated rings. The first-order chi connectivity index (χ1) is 30.0. The summed E-state index contributed by atoms with van der Waals surface area (Å²) in [6.45, 7) is 15.1. The van der Waals surface area contributed by atoms with Gasteiger partial charge in [-0.3, -0.25) is 14.4 Å². The molecule has 6 unspecified atom stereocenters. The van der Waals surface area contributed by atoms with Crippen LogP contribution in [-0.4, -0.2) is 105 Å². The Morgan fingerprint density at radius 2 is 0.969 bits per heavy atom. The van der Waals surface area contributed by atoms with E-state index in [1.54, 1.807) is 28.2 Å². The summed E-state index contributed by atoms with van der Waals surface area (Å²) >= 11 is 4.90. The van der Waals surface area contributed by atoms with E-state index in [1.165, 1.54) is 20.9 Å². The first kappa shape index (κ1) is 53.8. The number of ketones is 2. The minimum Gasteiger partial charge on any atom is -0.511 e. The van der Waals surface area contributed by atoms with Crippen molar-refractivity contribution in [2.24, 2.45) is 35.5 Å². The number of benzene rings is 2. The summed E-state index contributed by atoms with van der Waals surface area (Å²) in [6, 6.07) is 8.60. The van der Waals surface area contributed by atoms with Gasteiger partial charge in [0.25, 0.3) is 0 Å². The van der Waals surface area contributed by atoms with Gasteiger partial charge in [-0.15, -0.1) is 12.4 Å². The number of rotatable bonds is 9. The van der Waals surface area contributed by atoms with E-state index in [4.69, 9.17) is 35.3 Å². The van der Waals surface area contributed by atoms with Gasteiger partial charge in [0.15, 0.2) is 24.1 Å². The van der Waals surface area contributed by atoms with Gasteiger partial charge in [-0.2, -0.15) is 0 Å². The molecule has 1 N–H and O–H groups in total. The molecule has 14 heteroatoms. The van der Waals surface area contributed by atoms with E-state index in [0.717, 1.165) is 78.3 Å². The Kier molecular flexibility index (Phi) is 19.3. The second-order valence-electron chi connectivity index (χ2n) is 18.1. The van der Waals surface area contributed by atoms with Gasteiger partial charge >= 0.3 is 11.5 Å². The number of carbonyl (C=O) groups excluding carboxylic acids is 4. The third-order valence-corrected chi connectivity index (χ3v) is 13.8. The molecule has 6 atom stereocenters. The minimum atomic E-state index is -0.444. The third kappa shape index (κ3) is 11.3. The number of hydrogen-bond donors (Lipinski definition) is 1. The lowest BCUT2D eigenvalue weighted by Crippen LogP contribution is -2.24. The number of hydrogen-bond acceptors (Lipinski definition) is 10. The Labute approximate surface area is 397 Å². The molecule has 360 valence electrons. The average molecular weight is 944 g/mol.